The van der Waals surface area contributed by atoms with Gasteiger partial charge < -0.3 is 60.7 Å². The molecule has 2 aliphatic rings. The fourth-order valence-electron chi connectivity index (χ4n) is 4.77. The molecule has 0 saturated carbocycles. The number of hydrogen-bond donors (Lipinski definition) is 4. The quantitative estimate of drug-likeness (QED) is 0.0228. The van der Waals surface area contributed by atoms with Crippen molar-refractivity contribution in [1.29, 1.82) is 5.59 Å². The van der Waals surface area contributed by atoms with E-state index in [-0.39, 0.29) is 118 Å². The van der Waals surface area contributed by atoms with E-state index in [0.717, 1.165) is 58.0 Å². The molecule has 2 aliphatic heterocycles. The number of Topliss-reactive ketones (excluding diaryl/α,β-unsaturated/α-hetero) is 2. The number of hydrogen-bond acceptors (Lipinski definition) is 17. The molecule has 0 radical (unpaired) electrons. The molecule has 2 amide bonds. The maximum Gasteiger partial charge on any atom is 1.00 e. The van der Waals surface area contributed by atoms with Crippen LogP contribution in [-0.2, 0) is 29.2 Å². The summed E-state index contributed by atoms with van der Waals surface area (Å²) in [5.41, 5.74) is 4.50. The molecule has 5 unspecified atom stereocenters. The van der Waals surface area contributed by atoms with Crippen LogP contribution in [-0.4, -0.2) is 99.0 Å². The Balaban J connectivity index is -0.000000118. The fraction of sp³-hybridized carbons (Fsp3) is 0.857. The van der Waals surface area contributed by atoms with Crippen molar-refractivity contribution < 1.29 is 139 Å². The number of ketones is 2. The summed E-state index contributed by atoms with van der Waals surface area (Å²) in [6.45, 7) is 24.9. The van der Waals surface area contributed by atoms with Crippen molar-refractivity contribution in [2.24, 2.45) is 37.4 Å². The van der Waals surface area contributed by atoms with Gasteiger partial charge in [0.1, 0.15) is 17.5 Å². The minimum absolute atomic E-state index is 0. The summed E-state index contributed by atoms with van der Waals surface area (Å²) < 4.78 is 0. The van der Waals surface area contributed by atoms with E-state index in [9.17, 15) is 29.7 Å². The summed E-state index contributed by atoms with van der Waals surface area (Å²) in [6, 6.07) is 1.69. The monoisotopic (exact) mass is 889 g/mol. The molecule has 0 aromatic carbocycles. The number of nitrogens with one attached hydrogen (secondary N) is 2. The fourth-order valence-corrected chi connectivity index (χ4v) is 4.77. The van der Waals surface area contributed by atoms with E-state index in [1.807, 2.05) is 50.1 Å². The molecule has 25 heteroatoms. The topological polar surface area (TPSA) is 310 Å². The van der Waals surface area contributed by atoms with Gasteiger partial charge in [-0.3, -0.25) is 14.6 Å². The zero-order chi connectivity index (χ0) is 44.8. The van der Waals surface area contributed by atoms with Crippen LogP contribution < -0.4 is 105 Å². The molecule has 60 heavy (non-hydrogen) atoms. The number of nitrogens with zero attached hydrogens (tertiary/aromatic N) is 9. The zero-order valence-corrected chi connectivity index (χ0v) is 44.9. The summed E-state index contributed by atoms with van der Waals surface area (Å²) in [4.78, 5) is 62.0. The smallest absolute Gasteiger partial charge is 0.636 e. The normalized spacial score (nSPS) is 15.2. The molecule has 0 aromatic heterocycles. The van der Waals surface area contributed by atoms with Crippen LogP contribution in [0, 0.1) is 22.5 Å². The van der Waals surface area contributed by atoms with Crippen LogP contribution in [0.2, 0.25) is 0 Å². The second-order valence-electron chi connectivity index (χ2n) is 13.4. The average Bonchev–Trinajstić information content (AvgIpc) is 3.82. The number of nitroso groups, excluding NO2 is 1. The third-order valence-corrected chi connectivity index (χ3v) is 9.26. The predicted molar refractivity (Wildman–Crippen MR) is 205 cm³/mol. The molecule has 2 fully saturated rings. The maximum absolute atomic E-state index is 11.6. The van der Waals surface area contributed by atoms with Crippen molar-refractivity contribution in [2.45, 2.75) is 165 Å². The van der Waals surface area contributed by atoms with Crippen molar-refractivity contribution in [2.75, 3.05) is 26.2 Å². The van der Waals surface area contributed by atoms with Crippen molar-refractivity contribution in [3.63, 3.8) is 0 Å². The summed E-state index contributed by atoms with van der Waals surface area (Å²) in [5.74, 6) is 0.841. The van der Waals surface area contributed by atoms with Gasteiger partial charge in [0.05, 0.1) is 10.6 Å². The predicted octanol–water partition coefficient (Wildman–Crippen LogP) is -3.80. The first kappa shape index (κ1) is 72.9. The van der Waals surface area contributed by atoms with Gasteiger partial charge in [-0.25, -0.2) is 0 Å². The first-order valence-corrected chi connectivity index (χ1v) is 19.3. The van der Waals surface area contributed by atoms with Gasteiger partial charge in [0.2, 0.25) is 5.91 Å². The largest absolute Gasteiger partial charge is 1.00 e. The Labute approximate surface area is 423 Å². The van der Waals surface area contributed by atoms with Crippen molar-refractivity contribution in [1.82, 2.24) is 20.1 Å². The Hall–Kier alpha value is -1.57. The molecule has 22 nitrogen and oxygen atoms in total. The Morgan fingerprint density at radius 2 is 1.40 bits per heavy atom. The second kappa shape index (κ2) is 50.1. The van der Waals surface area contributed by atoms with Crippen molar-refractivity contribution in [3.05, 3.63) is 10.9 Å². The molecular formula is C35H70N11Na3O11. The second-order valence-corrected chi connectivity index (χ2v) is 13.4. The number of carbonyl (C=O) groups excluding carboxylic acids is 4. The third-order valence-electron chi connectivity index (χ3n) is 9.26. The van der Waals surface area contributed by atoms with Gasteiger partial charge in [-0.05, 0) is 110 Å². The standard InChI is InChI=1S/C10H21NO.C9H19N3O3.C8H14N3O3.C8H15NO.H2N2O2.HNO.3Na/c1-5-9(3)11-7-6-8(2)10(4)12;1-4-8(2)12(10-11-15-14)7-5-6-9(3)13;1-3-6(2)11-5-4-7(8(11)12)9-10-14-13;1-3-7(2)9-6-4-5-8(9)10;3-1-2-4;1-2;;;/h8-9,11H,5-7H2,1-4H3;8,14H,4-7H2,1-3H3;6,13H,3-5H2,1-2H3;7H,3-6H2,1-2H3;(H,1,4)(H,2,3);1H;;;/q;;-1;;;;3*+1/p-2/b;11-10+;;;;;;;. The van der Waals surface area contributed by atoms with Gasteiger partial charge in [-0.15, -0.1) is 6.42 Å². The zero-order valence-electron chi connectivity index (χ0n) is 38.9. The Bertz CT molecular complexity index is 1140. The number of amides is 2. The van der Waals surface area contributed by atoms with Crippen LogP contribution in [0.5, 0.6) is 0 Å². The number of carbonyl (C=O) groups is 4. The summed E-state index contributed by atoms with van der Waals surface area (Å²) in [7, 11) is 0. The van der Waals surface area contributed by atoms with Crippen molar-refractivity contribution in [3.8, 4) is 0 Å². The van der Waals surface area contributed by atoms with Gasteiger partial charge >= 0.3 is 88.7 Å². The molecule has 0 aliphatic carbocycles. The molecular weight excluding hydrogens is 819 g/mol. The first-order valence-electron chi connectivity index (χ1n) is 19.3. The Kier molecular flexibility index (Phi) is 60.8. The minimum atomic E-state index is -0.153. The summed E-state index contributed by atoms with van der Waals surface area (Å²) in [5, 5.41) is 55.1. The third kappa shape index (κ3) is 39.3. The average molecular weight is 890 g/mol. The first-order chi connectivity index (χ1) is 27.1. The molecule has 4 N–H and O–H groups in total. The van der Waals surface area contributed by atoms with Crippen LogP contribution in [0.3, 0.4) is 0 Å². The Morgan fingerprint density at radius 3 is 1.80 bits per heavy atom. The van der Waals surface area contributed by atoms with Gasteiger partial charge in [0.15, 0.2) is 0 Å². The van der Waals surface area contributed by atoms with Crippen molar-refractivity contribution >= 4 is 23.4 Å². The Morgan fingerprint density at radius 1 is 0.867 bits per heavy atom. The molecule has 0 aromatic rings. The van der Waals surface area contributed by atoms with E-state index in [0.29, 0.717) is 62.2 Å². The van der Waals surface area contributed by atoms with Crippen LogP contribution in [0.1, 0.15) is 140 Å². The SMILES string of the molecule is CCC(C)N(CCCC(C)=O)/N=N/O[O-].CCC(C)N1CCCC1=O.CCC(C)N1CC[C-](N=NO[O-])C1=O.CCC(C)NCCC(C)C(C)=O.N=O.O/N=N/O.[Na+].[Na+].[Na+]. The molecule has 0 spiro atoms. The van der Waals surface area contributed by atoms with E-state index < -0.39 is 0 Å². The molecule has 334 valence electrons. The number of likely N-dealkylation sites (tertiary alicyclic amines) is 2. The van der Waals surface area contributed by atoms with Gasteiger partial charge in [-0.2, -0.15) is 10.9 Å². The van der Waals surface area contributed by atoms with E-state index in [4.69, 9.17) is 15.3 Å². The van der Waals surface area contributed by atoms with Crippen LogP contribution >= 0.6 is 0 Å². The summed E-state index contributed by atoms with van der Waals surface area (Å²) in [6.07, 6.45) is 8.54. The maximum atomic E-state index is 11.6. The van der Waals surface area contributed by atoms with Gasteiger partial charge in [-0.1, -0.05) is 40.2 Å². The molecule has 2 rings (SSSR count). The van der Waals surface area contributed by atoms with E-state index in [1.54, 1.807) is 23.8 Å². The number of rotatable bonds is 20. The van der Waals surface area contributed by atoms with Crippen LogP contribution in [0.25, 0.3) is 0 Å². The van der Waals surface area contributed by atoms with E-state index in [2.05, 4.69) is 69.5 Å². The van der Waals surface area contributed by atoms with E-state index in [1.165, 1.54) is 0 Å². The molecule has 0 bridgehead atoms. The molecule has 2 heterocycles. The summed E-state index contributed by atoms with van der Waals surface area (Å²) >= 11 is 0. The van der Waals surface area contributed by atoms with Crippen LogP contribution in [0.15, 0.2) is 31.4 Å². The molecule has 2 saturated heterocycles. The van der Waals surface area contributed by atoms with Crippen LogP contribution in [0.4, 0.5) is 0 Å². The van der Waals surface area contributed by atoms with Gasteiger partial charge in [0.25, 0.3) is 0 Å². The van der Waals surface area contributed by atoms with Gasteiger partial charge in [0, 0.05) is 61.3 Å². The molecule has 5 atom stereocenters. The van der Waals surface area contributed by atoms with E-state index >= 15 is 0 Å². The minimum Gasteiger partial charge on any atom is -0.636 e.